The van der Waals surface area contributed by atoms with Crippen molar-refractivity contribution in [3.63, 3.8) is 0 Å². The summed E-state index contributed by atoms with van der Waals surface area (Å²) in [5.74, 6) is 2.75. The number of nitrogens with zero attached hydrogens (tertiary/aromatic N) is 3. The van der Waals surface area contributed by atoms with Crippen LogP contribution in [-0.2, 0) is 0 Å². The molecule has 4 nitrogen and oxygen atoms in total. The molecule has 4 rings (SSSR count). The van der Waals surface area contributed by atoms with E-state index in [4.69, 9.17) is 0 Å². The summed E-state index contributed by atoms with van der Waals surface area (Å²) in [6, 6.07) is 17.2. The molecule has 0 fully saturated rings. The van der Waals surface area contributed by atoms with E-state index >= 15 is 0 Å². The maximum absolute atomic E-state index is 4.68. The molecular weight excluding hydrogens is 344 g/mol. The van der Waals surface area contributed by atoms with Gasteiger partial charge in [0.2, 0.25) is 0 Å². The zero-order chi connectivity index (χ0) is 19.7. The van der Waals surface area contributed by atoms with Crippen molar-refractivity contribution in [3.05, 3.63) is 66.1 Å². The van der Waals surface area contributed by atoms with Gasteiger partial charge in [0.25, 0.3) is 0 Å². The summed E-state index contributed by atoms with van der Waals surface area (Å²) in [6.45, 7) is 9.23. The average Bonchev–Trinajstić information content (AvgIpc) is 3.38. The first-order chi connectivity index (χ1) is 13.5. The maximum Gasteiger partial charge on any atom is 0.126 e. The zero-order valence-electron chi connectivity index (χ0n) is 16.9. The lowest BCUT2D eigenvalue weighted by molar-refractivity contribution is 0.795. The number of aromatic nitrogens is 2. The fourth-order valence-corrected chi connectivity index (χ4v) is 3.31. The van der Waals surface area contributed by atoms with Gasteiger partial charge in [-0.2, -0.15) is 0 Å². The molecule has 3 aromatic rings. The highest BCUT2D eigenvalue weighted by Crippen LogP contribution is 2.25. The maximum atomic E-state index is 4.68. The standard InChI is InChI=1S/C24H26N4/c1-15(2)23-25-13-21(27-23)19-9-5-17(6-10-19)18-7-11-20(12-8-18)22-14-26-24(28-22)16(3)4/h5-13,15-16H,14H2,1-4H3,(H,25,27). The Morgan fingerprint density at radius 2 is 1.32 bits per heavy atom. The van der Waals surface area contributed by atoms with Crippen LogP contribution in [0.25, 0.3) is 22.4 Å². The summed E-state index contributed by atoms with van der Waals surface area (Å²) in [5.41, 5.74) is 6.83. The van der Waals surface area contributed by atoms with Crippen LogP contribution >= 0.6 is 0 Å². The van der Waals surface area contributed by atoms with Crippen LogP contribution < -0.4 is 0 Å². The zero-order valence-corrected chi connectivity index (χ0v) is 16.9. The second-order valence-electron chi connectivity index (χ2n) is 7.88. The van der Waals surface area contributed by atoms with Gasteiger partial charge in [-0.1, -0.05) is 76.2 Å². The largest absolute Gasteiger partial charge is 0.342 e. The van der Waals surface area contributed by atoms with Crippen LogP contribution in [0.5, 0.6) is 0 Å². The first-order valence-corrected chi connectivity index (χ1v) is 9.89. The number of imidazole rings is 1. The second kappa shape index (κ2) is 7.55. The van der Waals surface area contributed by atoms with Crippen molar-refractivity contribution in [2.45, 2.75) is 33.6 Å². The number of aliphatic imine (C=N–C) groups is 2. The molecule has 0 amide bonds. The lowest BCUT2D eigenvalue weighted by atomic mass is 10.0. The van der Waals surface area contributed by atoms with Crippen LogP contribution in [-0.4, -0.2) is 28.1 Å². The quantitative estimate of drug-likeness (QED) is 0.613. The highest BCUT2D eigenvalue weighted by atomic mass is 15.0. The van der Waals surface area contributed by atoms with Crippen LogP contribution in [0.1, 0.15) is 45.0 Å². The molecule has 1 aliphatic rings. The van der Waals surface area contributed by atoms with Gasteiger partial charge in [0.1, 0.15) is 11.7 Å². The summed E-state index contributed by atoms with van der Waals surface area (Å²) in [6.07, 6.45) is 1.91. The number of H-pyrrole nitrogens is 1. The SMILES string of the molecule is CC(C)C1=NCC(c2ccc(-c3ccc(-c4cnc(C(C)C)[nH]4)cc3)cc2)=N1. The Labute approximate surface area is 166 Å². The molecular formula is C24H26N4. The first kappa shape index (κ1) is 18.4. The molecule has 142 valence electrons. The number of nitrogens with one attached hydrogen (secondary N) is 1. The van der Waals surface area contributed by atoms with Gasteiger partial charge in [0, 0.05) is 11.8 Å². The third-order valence-corrected chi connectivity index (χ3v) is 5.05. The Balaban J connectivity index is 1.51. The van der Waals surface area contributed by atoms with Crippen molar-refractivity contribution in [2.24, 2.45) is 15.9 Å². The van der Waals surface area contributed by atoms with E-state index in [1.807, 2.05) is 6.20 Å². The molecule has 0 atom stereocenters. The van der Waals surface area contributed by atoms with E-state index in [0.717, 1.165) is 34.2 Å². The highest BCUT2D eigenvalue weighted by Gasteiger charge is 2.14. The first-order valence-electron chi connectivity index (χ1n) is 9.89. The highest BCUT2D eigenvalue weighted by molar-refractivity contribution is 6.13. The van der Waals surface area contributed by atoms with E-state index in [0.29, 0.717) is 18.4 Å². The minimum Gasteiger partial charge on any atom is -0.342 e. The van der Waals surface area contributed by atoms with E-state index < -0.39 is 0 Å². The molecule has 0 aliphatic carbocycles. The minimum atomic E-state index is 0.377. The molecule has 0 radical (unpaired) electrons. The Kier molecular flexibility index (Phi) is 4.95. The number of rotatable bonds is 5. The van der Waals surface area contributed by atoms with Gasteiger partial charge in [-0.05, 0) is 22.3 Å². The van der Waals surface area contributed by atoms with Gasteiger partial charge < -0.3 is 4.98 Å². The van der Waals surface area contributed by atoms with E-state index in [2.05, 4.69) is 96.2 Å². The second-order valence-corrected chi connectivity index (χ2v) is 7.88. The van der Waals surface area contributed by atoms with Crippen LogP contribution in [0.4, 0.5) is 0 Å². The van der Waals surface area contributed by atoms with E-state index in [9.17, 15) is 0 Å². The Morgan fingerprint density at radius 1 is 0.750 bits per heavy atom. The van der Waals surface area contributed by atoms with Crippen LogP contribution in [0.15, 0.2) is 64.7 Å². The molecule has 1 aromatic heterocycles. The fourth-order valence-electron chi connectivity index (χ4n) is 3.31. The van der Waals surface area contributed by atoms with Crippen molar-refractivity contribution in [1.82, 2.24) is 9.97 Å². The molecule has 1 N–H and O–H groups in total. The van der Waals surface area contributed by atoms with Crippen LogP contribution in [0.3, 0.4) is 0 Å². The summed E-state index contributed by atoms with van der Waals surface area (Å²) in [7, 11) is 0. The smallest absolute Gasteiger partial charge is 0.126 e. The number of amidine groups is 1. The monoisotopic (exact) mass is 370 g/mol. The third kappa shape index (κ3) is 3.68. The Bertz CT molecular complexity index is 1020. The molecule has 28 heavy (non-hydrogen) atoms. The molecule has 0 saturated heterocycles. The summed E-state index contributed by atoms with van der Waals surface area (Å²) in [5, 5.41) is 0. The average molecular weight is 371 g/mol. The van der Waals surface area contributed by atoms with E-state index in [1.54, 1.807) is 0 Å². The van der Waals surface area contributed by atoms with E-state index in [-0.39, 0.29) is 0 Å². The summed E-state index contributed by atoms with van der Waals surface area (Å²) in [4.78, 5) is 17.1. The Hall–Kier alpha value is -3.01. The minimum absolute atomic E-state index is 0.377. The molecule has 0 unspecified atom stereocenters. The molecule has 2 heterocycles. The Morgan fingerprint density at radius 3 is 1.82 bits per heavy atom. The molecule has 2 aromatic carbocycles. The van der Waals surface area contributed by atoms with Crippen LogP contribution in [0, 0.1) is 5.92 Å². The number of hydrogen-bond donors (Lipinski definition) is 1. The van der Waals surface area contributed by atoms with Crippen LogP contribution in [0.2, 0.25) is 0 Å². The molecule has 4 heteroatoms. The van der Waals surface area contributed by atoms with Crippen molar-refractivity contribution in [3.8, 4) is 22.4 Å². The number of hydrogen-bond acceptors (Lipinski definition) is 3. The van der Waals surface area contributed by atoms with Gasteiger partial charge in [-0.15, -0.1) is 0 Å². The van der Waals surface area contributed by atoms with Gasteiger partial charge in [-0.3, -0.25) is 4.99 Å². The van der Waals surface area contributed by atoms with Gasteiger partial charge >= 0.3 is 0 Å². The summed E-state index contributed by atoms with van der Waals surface area (Å²) >= 11 is 0. The normalized spacial score (nSPS) is 13.9. The van der Waals surface area contributed by atoms with Crippen molar-refractivity contribution in [1.29, 1.82) is 0 Å². The lowest BCUT2D eigenvalue weighted by Gasteiger charge is -2.06. The fraction of sp³-hybridized carbons (Fsp3) is 0.292. The predicted molar refractivity (Wildman–Crippen MR) is 117 cm³/mol. The molecule has 0 bridgehead atoms. The van der Waals surface area contributed by atoms with Gasteiger partial charge in [-0.25, -0.2) is 9.98 Å². The lowest BCUT2D eigenvalue weighted by Crippen LogP contribution is -2.03. The predicted octanol–water partition coefficient (Wildman–Crippen LogP) is 5.72. The van der Waals surface area contributed by atoms with E-state index in [1.165, 1.54) is 11.1 Å². The van der Waals surface area contributed by atoms with Crippen molar-refractivity contribution >= 4 is 11.5 Å². The van der Waals surface area contributed by atoms with Crippen molar-refractivity contribution < 1.29 is 0 Å². The number of aromatic amines is 1. The third-order valence-electron chi connectivity index (χ3n) is 5.05. The van der Waals surface area contributed by atoms with Crippen molar-refractivity contribution in [2.75, 3.05) is 6.54 Å². The number of benzene rings is 2. The molecule has 0 spiro atoms. The van der Waals surface area contributed by atoms with Gasteiger partial charge in [0.15, 0.2) is 0 Å². The van der Waals surface area contributed by atoms with Gasteiger partial charge in [0.05, 0.1) is 24.1 Å². The molecule has 1 aliphatic heterocycles. The topological polar surface area (TPSA) is 53.4 Å². The molecule has 0 saturated carbocycles. The summed E-state index contributed by atoms with van der Waals surface area (Å²) < 4.78 is 0.